The van der Waals surface area contributed by atoms with E-state index in [1.54, 1.807) is 25.3 Å². The van der Waals surface area contributed by atoms with E-state index in [1.807, 2.05) is 0 Å². The van der Waals surface area contributed by atoms with E-state index in [9.17, 15) is 14.7 Å². The summed E-state index contributed by atoms with van der Waals surface area (Å²) in [7, 11) is 3.08. The topological polar surface area (TPSA) is 84.9 Å². The van der Waals surface area contributed by atoms with Gasteiger partial charge in [0.25, 0.3) is 0 Å². The van der Waals surface area contributed by atoms with Crippen LogP contribution in [0, 0.1) is 5.92 Å². The number of carboxylic acids is 1. The standard InChI is InChI=1S/C18H25NO5/c1-12-6-8-18(9-7-12,17(21)22)19-16(20)11-13-4-5-14(23-2)15(10-13)24-3/h4-5,10,12H,6-9,11H2,1-3H3,(H,19,20)(H,21,22). The van der Waals surface area contributed by atoms with E-state index in [0.717, 1.165) is 18.4 Å². The van der Waals surface area contributed by atoms with Crippen molar-refractivity contribution in [2.45, 2.75) is 44.6 Å². The molecule has 0 bridgehead atoms. The first-order valence-corrected chi connectivity index (χ1v) is 8.15. The van der Waals surface area contributed by atoms with Crippen LogP contribution in [0.2, 0.25) is 0 Å². The van der Waals surface area contributed by atoms with Crippen LogP contribution in [-0.4, -0.2) is 36.7 Å². The van der Waals surface area contributed by atoms with Crippen LogP contribution in [0.1, 0.15) is 38.2 Å². The van der Waals surface area contributed by atoms with Crippen molar-refractivity contribution in [2.75, 3.05) is 14.2 Å². The fraction of sp³-hybridized carbons (Fsp3) is 0.556. The van der Waals surface area contributed by atoms with Gasteiger partial charge in [-0.3, -0.25) is 4.79 Å². The van der Waals surface area contributed by atoms with E-state index in [-0.39, 0.29) is 12.3 Å². The second kappa shape index (κ2) is 7.55. The van der Waals surface area contributed by atoms with Gasteiger partial charge in [0, 0.05) is 0 Å². The van der Waals surface area contributed by atoms with Gasteiger partial charge < -0.3 is 19.9 Å². The van der Waals surface area contributed by atoms with Crippen molar-refractivity contribution >= 4 is 11.9 Å². The molecule has 6 heteroatoms. The van der Waals surface area contributed by atoms with Crippen LogP contribution < -0.4 is 14.8 Å². The molecule has 2 rings (SSSR count). The second-order valence-electron chi connectivity index (χ2n) is 6.48. The Bertz CT molecular complexity index is 605. The number of benzene rings is 1. The summed E-state index contributed by atoms with van der Waals surface area (Å²) in [6.07, 6.45) is 2.67. The van der Waals surface area contributed by atoms with Gasteiger partial charge in [-0.15, -0.1) is 0 Å². The quantitative estimate of drug-likeness (QED) is 0.834. The maximum atomic E-state index is 12.4. The predicted octanol–water partition coefficient (Wildman–Crippen LogP) is 2.40. The number of carbonyl (C=O) groups is 2. The molecule has 2 N–H and O–H groups in total. The highest BCUT2D eigenvalue weighted by Gasteiger charge is 2.42. The molecule has 1 aliphatic carbocycles. The minimum absolute atomic E-state index is 0.102. The molecule has 0 radical (unpaired) electrons. The Morgan fingerprint density at radius 2 is 1.83 bits per heavy atom. The molecule has 6 nitrogen and oxygen atoms in total. The Kier molecular flexibility index (Phi) is 5.70. The van der Waals surface area contributed by atoms with Gasteiger partial charge in [0.05, 0.1) is 20.6 Å². The normalized spacial score (nSPS) is 23.4. The highest BCUT2D eigenvalue weighted by molar-refractivity contribution is 5.88. The molecule has 1 aromatic rings. The highest BCUT2D eigenvalue weighted by Crippen LogP contribution is 2.32. The molecule has 0 heterocycles. The van der Waals surface area contributed by atoms with E-state index in [2.05, 4.69) is 12.2 Å². The van der Waals surface area contributed by atoms with Gasteiger partial charge in [0.1, 0.15) is 5.54 Å². The molecule has 0 spiro atoms. The zero-order chi connectivity index (χ0) is 17.7. The average Bonchev–Trinajstić information content (AvgIpc) is 2.56. The van der Waals surface area contributed by atoms with Crippen molar-refractivity contribution in [3.63, 3.8) is 0 Å². The van der Waals surface area contributed by atoms with Gasteiger partial charge >= 0.3 is 5.97 Å². The summed E-state index contributed by atoms with van der Waals surface area (Å²) in [5.74, 6) is 0.390. The van der Waals surface area contributed by atoms with Crippen molar-refractivity contribution in [2.24, 2.45) is 5.92 Å². The first kappa shape index (κ1) is 18.1. The minimum atomic E-state index is -1.14. The van der Waals surface area contributed by atoms with Gasteiger partial charge in [-0.1, -0.05) is 13.0 Å². The van der Waals surface area contributed by atoms with Gasteiger partial charge in [0.15, 0.2) is 11.5 Å². The van der Waals surface area contributed by atoms with E-state index in [0.29, 0.717) is 30.3 Å². The molecule has 1 saturated carbocycles. The zero-order valence-electron chi connectivity index (χ0n) is 14.4. The Balaban J connectivity index is 2.07. The molecule has 0 atom stereocenters. The third kappa shape index (κ3) is 3.99. The van der Waals surface area contributed by atoms with Crippen molar-refractivity contribution in [1.82, 2.24) is 5.32 Å². The summed E-state index contributed by atoms with van der Waals surface area (Å²) in [4.78, 5) is 24.1. The number of carbonyl (C=O) groups excluding carboxylic acids is 1. The maximum Gasteiger partial charge on any atom is 0.329 e. The number of rotatable bonds is 6. The molecule has 1 aliphatic rings. The van der Waals surface area contributed by atoms with E-state index < -0.39 is 11.5 Å². The Labute approximate surface area is 142 Å². The number of amides is 1. The number of hydrogen-bond donors (Lipinski definition) is 2. The smallest absolute Gasteiger partial charge is 0.329 e. The summed E-state index contributed by atoms with van der Waals surface area (Å²) >= 11 is 0. The summed E-state index contributed by atoms with van der Waals surface area (Å²) in [5, 5.41) is 12.3. The zero-order valence-corrected chi connectivity index (χ0v) is 14.4. The lowest BCUT2D eigenvalue weighted by molar-refractivity contribution is -0.149. The molecule has 132 valence electrons. The molecular weight excluding hydrogens is 310 g/mol. The summed E-state index contributed by atoms with van der Waals surface area (Å²) in [6, 6.07) is 5.24. The summed E-state index contributed by atoms with van der Waals surface area (Å²) in [5.41, 5.74) is -0.393. The largest absolute Gasteiger partial charge is 0.493 e. The summed E-state index contributed by atoms with van der Waals surface area (Å²) < 4.78 is 10.4. The van der Waals surface area contributed by atoms with Crippen LogP contribution in [0.4, 0.5) is 0 Å². The average molecular weight is 335 g/mol. The molecule has 1 fully saturated rings. The highest BCUT2D eigenvalue weighted by atomic mass is 16.5. The molecule has 0 unspecified atom stereocenters. The first-order valence-electron chi connectivity index (χ1n) is 8.15. The van der Waals surface area contributed by atoms with Crippen LogP contribution in [0.3, 0.4) is 0 Å². The van der Waals surface area contributed by atoms with Crippen molar-refractivity contribution in [3.8, 4) is 11.5 Å². The van der Waals surface area contributed by atoms with E-state index >= 15 is 0 Å². The SMILES string of the molecule is COc1ccc(CC(=O)NC2(C(=O)O)CCC(C)CC2)cc1OC. The number of methoxy groups -OCH3 is 2. The molecule has 1 amide bonds. The Hall–Kier alpha value is -2.24. The fourth-order valence-electron chi connectivity index (χ4n) is 3.13. The number of ether oxygens (including phenoxy) is 2. The van der Waals surface area contributed by atoms with Crippen LogP contribution in [0.5, 0.6) is 11.5 Å². The lowest BCUT2D eigenvalue weighted by Gasteiger charge is -2.36. The van der Waals surface area contributed by atoms with Gasteiger partial charge in [-0.2, -0.15) is 0 Å². The van der Waals surface area contributed by atoms with Gasteiger partial charge in [0.2, 0.25) is 5.91 Å². The molecule has 24 heavy (non-hydrogen) atoms. The monoisotopic (exact) mass is 335 g/mol. The molecule has 1 aromatic carbocycles. The number of hydrogen-bond acceptors (Lipinski definition) is 4. The van der Waals surface area contributed by atoms with Crippen LogP contribution in [0.15, 0.2) is 18.2 Å². The maximum absolute atomic E-state index is 12.4. The van der Waals surface area contributed by atoms with Crippen molar-refractivity contribution in [1.29, 1.82) is 0 Å². The third-order valence-electron chi connectivity index (χ3n) is 4.73. The summed E-state index contributed by atoms with van der Waals surface area (Å²) in [6.45, 7) is 2.11. The van der Waals surface area contributed by atoms with E-state index in [4.69, 9.17) is 9.47 Å². The van der Waals surface area contributed by atoms with Crippen LogP contribution >= 0.6 is 0 Å². The third-order valence-corrected chi connectivity index (χ3v) is 4.73. The van der Waals surface area contributed by atoms with E-state index in [1.165, 1.54) is 7.11 Å². The molecule has 0 saturated heterocycles. The fourth-order valence-corrected chi connectivity index (χ4v) is 3.13. The number of nitrogens with one attached hydrogen (secondary N) is 1. The Morgan fingerprint density at radius 3 is 2.38 bits per heavy atom. The Morgan fingerprint density at radius 1 is 1.21 bits per heavy atom. The molecular formula is C18H25NO5. The van der Waals surface area contributed by atoms with Crippen LogP contribution in [0.25, 0.3) is 0 Å². The number of aliphatic carboxylic acids is 1. The molecule has 0 aliphatic heterocycles. The van der Waals surface area contributed by atoms with Gasteiger partial charge in [-0.25, -0.2) is 4.79 Å². The molecule has 0 aromatic heterocycles. The first-order chi connectivity index (χ1) is 11.4. The predicted molar refractivity (Wildman–Crippen MR) is 89.4 cm³/mol. The lowest BCUT2D eigenvalue weighted by atomic mass is 9.77. The second-order valence-corrected chi connectivity index (χ2v) is 6.48. The van der Waals surface area contributed by atoms with Crippen molar-refractivity contribution in [3.05, 3.63) is 23.8 Å². The van der Waals surface area contributed by atoms with Crippen LogP contribution in [-0.2, 0) is 16.0 Å². The lowest BCUT2D eigenvalue weighted by Crippen LogP contribution is -2.56. The minimum Gasteiger partial charge on any atom is -0.493 e. The van der Waals surface area contributed by atoms with Gasteiger partial charge in [-0.05, 0) is 49.3 Å². The number of carboxylic acid groups (broad SMARTS) is 1. The van der Waals surface area contributed by atoms with Crippen molar-refractivity contribution < 1.29 is 24.2 Å².